The summed E-state index contributed by atoms with van der Waals surface area (Å²) in [4.78, 5) is 38.6. The van der Waals surface area contributed by atoms with Gasteiger partial charge in [-0.3, -0.25) is 19.3 Å². The van der Waals surface area contributed by atoms with Crippen LogP contribution in [0.4, 0.5) is 8.78 Å². The summed E-state index contributed by atoms with van der Waals surface area (Å²) in [7, 11) is 1.53. The molecule has 8 heteroatoms. The Hall–Kier alpha value is -3.13. The van der Waals surface area contributed by atoms with Gasteiger partial charge in [0.15, 0.2) is 0 Å². The van der Waals surface area contributed by atoms with Crippen LogP contribution in [0.3, 0.4) is 0 Å². The van der Waals surface area contributed by atoms with Gasteiger partial charge in [0, 0.05) is 37.5 Å². The van der Waals surface area contributed by atoms with E-state index in [4.69, 9.17) is 4.74 Å². The zero-order valence-electron chi connectivity index (χ0n) is 16.0. The molecular weight excluding hydrogens is 382 g/mol. The van der Waals surface area contributed by atoms with E-state index in [1.807, 2.05) is 0 Å². The molecule has 2 aromatic carbocycles. The number of carbonyl (C=O) groups excluding carboxylic acids is 3. The second kappa shape index (κ2) is 8.48. The molecule has 1 heterocycles. The van der Waals surface area contributed by atoms with Gasteiger partial charge in [-0.15, -0.1) is 0 Å². The van der Waals surface area contributed by atoms with E-state index in [1.165, 1.54) is 31.4 Å². The lowest BCUT2D eigenvalue weighted by Crippen LogP contribution is -2.31. The average Bonchev–Trinajstić information content (AvgIpc) is 2.92. The molecule has 1 atom stereocenters. The highest BCUT2D eigenvalue weighted by Crippen LogP contribution is 2.25. The van der Waals surface area contributed by atoms with Gasteiger partial charge in [0.05, 0.1) is 17.2 Å². The quantitative estimate of drug-likeness (QED) is 0.571. The van der Waals surface area contributed by atoms with Crippen molar-refractivity contribution in [2.45, 2.75) is 19.4 Å². The predicted molar refractivity (Wildman–Crippen MR) is 101 cm³/mol. The number of hydrogen-bond donors (Lipinski definition) is 1. The Morgan fingerprint density at radius 2 is 1.83 bits per heavy atom. The highest BCUT2D eigenvalue weighted by molar-refractivity contribution is 6.22. The zero-order chi connectivity index (χ0) is 21.1. The van der Waals surface area contributed by atoms with Crippen molar-refractivity contribution < 1.29 is 27.9 Å². The van der Waals surface area contributed by atoms with Gasteiger partial charge in [-0.05, 0) is 37.6 Å². The van der Waals surface area contributed by atoms with E-state index in [1.54, 1.807) is 6.92 Å². The molecule has 1 aliphatic heterocycles. The summed E-state index contributed by atoms with van der Waals surface area (Å²) in [6.45, 7) is 2.20. The summed E-state index contributed by atoms with van der Waals surface area (Å²) >= 11 is 0. The lowest BCUT2D eigenvalue weighted by atomic mass is 10.0. The minimum Gasteiger partial charge on any atom is -0.385 e. The Balaban J connectivity index is 1.76. The van der Waals surface area contributed by atoms with Crippen molar-refractivity contribution >= 4 is 17.7 Å². The van der Waals surface area contributed by atoms with E-state index in [0.717, 1.165) is 17.0 Å². The van der Waals surface area contributed by atoms with E-state index in [-0.39, 0.29) is 28.8 Å². The first kappa shape index (κ1) is 20.6. The number of nitrogens with one attached hydrogen (secondary N) is 1. The zero-order valence-corrected chi connectivity index (χ0v) is 16.0. The summed E-state index contributed by atoms with van der Waals surface area (Å²) in [5, 5.41) is 2.62. The average molecular weight is 402 g/mol. The summed E-state index contributed by atoms with van der Waals surface area (Å²) in [5.41, 5.74) is 0.691. The maximum atomic E-state index is 13.9. The molecule has 3 amide bonds. The fourth-order valence-corrected chi connectivity index (χ4v) is 3.21. The highest BCUT2D eigenvalue weighted by atomic mass is 19.1. The molecule has 152 valence electrons. The number of methoxy groups -OCH3 is 1. The minimum absolute atomic E-state index is 0.136. The molecule has 3 rings (SSSR count). The Labute approximate surface area is 166 Å². The normalized spacial score (nSPS) is 14.1. The van der Waals surface area contributed by atoms with E-state index in [9.17, 15) is 23.2 Å². The third kappa shape index (κ3) is 4.17. The maximum absolute atomic E-state index is 13.9. The number of carbonyl (C=O) groups is 3. The molecule has 0 radical (unpaired) electrons. The first-order valence-electron chi connectivity index (χ1n) is 9.08. The number of imide groups is 1. The first-order valence-corrected chi connectivity index (χ1v) is 9.08. The molecule has 0 aromatic heterocycles. The number of nitrogens with zero attached hydrogens (tertiary/aromatic N) is 1. The fourth-order valence-electron chi connectivity index (χ4n) is 3.21. The molecule has 1 N–H and O–H groups in total. The summed E-state index contributed by atoms with van der Waals surface area (Å²) in [6, 6.07) is 6.62. The topological polar surface area (TPSA) is 75.7 Å². The van der Waals surface area contributed by atoms with Crippen LogP contribution in [0.15, 0.2) is 36.4 Å². The van der Waals surface area contributed by atoms with Crippen LogP contribution in [-0.2, 0) is 4.74 Å². The molecule has 0 aliphatic carbocycles. The van der Waals surface area contributed by atoms with E-state index in [2.05, 4.69) is 5.32 Å². The number of fused-ring (bicyclic) bond motifs is 1. The molecule has 6 nitrogen and oxygen atoms in total. The van der Waals surface area contributed by atoms with Gasteiger partial charge in [-0.2, -0.15) is 0 Å². The van der Waals surface area contributed by atoms with Gasteiger partial charge in [0.2, 0.25) is 0 Å². The van der Waals surface area contributed by atoms with Crippen molar-refractivity contribution in [3.8, 4) is 0 Å². The maximum Gasteiger partial charge on any atom is 0.261 e. The Kier molecular flexibility index (Phi) is 6.03. The van der Waals surface area contributed by atoms with Crippen molar-refractivity contribution in [2.75, 3.05) is 20.3 Å². The van der Waals surface area contributed by atoms with Gasteiger partial charge in [0.1, 0.15) is 11.6 Å². The van der Waals surface area contributed by atoms with E-state index >= 15 is 0 Å². The summed E-state index contributed by atoms with van der Waals surface area (Å²) < 4.78 is 31.9. The molecule has 0 spiro atoms. The van der Waals surface area contributed by atoms with Crippen LogP contribution in [-0.4, -0.2) is 42.9 Å². The molecule has 0 saturated carbocycles. The Bertz CT molecular complexity index is 977. The number of rotatable bonds is 7. The number of halogens is 2. The number of amides is 3. The van der Waals surface area contributed by atoms with Crippen LogP contribution in [0.5, 0.6) is 0 Å². The van der Waals surface area contributed by atoms with Crippen LogP contribution in [0.2, 0.25) is 0 Å². The van der Waals surface area contributed by atoms with Gasteiger partial charge in [-0.25, -0.2) is 8.78 Å². The van der Waals surface area contributed by atoms with E-state index < -0.39 is 35.4 Å². The van der Waals surface area contributed by atoms with Gasteiger partial charge < -0.3 is 10.1 Å². The molecule has 1 aliphatic rings. The van der Waals surface area contributed by atoms with Crippen molar-refractivity contribution in [2.24, 2.45) is 0 Å². The van der Waals surface area contributed by atoms with Gasteiger partial charge in [0.25, 0.3) is 17.7 Å². The van der Waals surface area contributed by atoms with Crippen LogP contribution in [0.25, 0.3) is 0 Å². The number of hydrogen-bond acceptors (Lipinski definition) is 4. The third-order valence-corrected chi connectivity index (χ3v) is 4.74. The van der Waals surface area contributed by atoms with Gasteiger partial charge in [-0.1, -0.05) is 6.07 Å². The van der Waals surface area contributed by atoms with Crippen LogP contribution >= 0.6 is 0 Å². The predicted octanol–water partition coefficient (Wildman–Crippen LogP) is 3.09. The van der Waals surface area contributed by atoms with E-state index in [0.29, 0.717) is 13.0 Å². The van der Waals surface area contributed by atoms with Crippen molar-refractivity contribution in [1.29, 1.82) is 0 Å². The lowest BCUT2D eigenvalue weighted by molar-refractivity contribution is 0.0638. The molecular formula is C21H20F2N2O4. The van der Waals surface area contributed by atoms with Crippen molar-refractivity contribution in [3.63, 3.8) is 0 Å². The Morgan fingerprint density at radius 1 is 1.10 bits per heavy atom. The fraction of sp³-hybridized carbons (Fsp3) is 0.286. The largest absolute Gasteiger partial charge is 0.385 e. The SMILES string of the molecule is COCCCN1C(=O)c2ccc(C(=O)N[C@H](C)c3ccc(F)cc3F)cc2C1=O. The second-order valence-electron chi connectivity index (χ2n) is 6.73. The monoisotopic (exact) mass is 402 g/mol. The third-order valence-electron chi connectivity index (χ3n) is 4.74. The van der Waals surface area contributed by atoms with Crippen molar-refractivity contribution in [3.05, 3.63) is 70.3 Å². The molecule has 0 unspecified atom stereocenters. The van der Waals surface area contributed by atoms with Crippen LogP contribution in [0, 0.1) is 11.6 Å². The molecule has 0 bridgehead atoms. The second-order valence-corrected chi connectivity index (χ2v) is 6.73. The summed E-state index contributed by atoms with van der Waals surface area (Å²) in [6.07, 6.45) is 0.510. The molecule has 29 heavy (non-hydrogen) atoms. The smallest absolute Gasteiger partial charge is 0.261 e. The molecule has 0 saturated heterocycles. The van der Waals surface area contributed by atoms with Gasteiger partial charge >= 0.3 is 0 Å². The highest BCUT2D eigenvalue weighted by Gasteiger charge is 2.35. The minimum atomic E-state index is -0.765. The standard InChI is InChI=1S/C21H20F2N2O4/c1-12(15-7-5-14(22)11-18(15)23)24-19(26)13-4-6-16-17(10-13)21(28)25(20(16)27)8-3-9-29-2/h4-7,10-12H,3,8-9H2,1-2H3,(H,24,26)/t12-/m1/s1. The Morgan fingerprint density at radius 3 is 2.52 bits per heavy atom. The summed E-state index contributed by atoms with van der Waals surface area (Å²) in [5.74, 6) is -2.88. The van der Waals surface area contributed by atoms with Crippen LogP contribution < -0.4 is 5.32 Å². The molecule has 2 aromatic rings. The number of benzene rings is 2. The lowest BCUT2D eigenvalue weighted by Gasteiger charge is -2.15. The van der Waals surface area contributed by atoms with Crippen molar-refractivity contribution in [1.82, 2.24) is 10.2 Å². The first-order chi connectivity index (χ1) is 13.8. The number of ether oxygens (including phenoxy) is 1. The van der Waals surface area contributed by atoms with Crippen LogP contribution in [0.1, 0.15) is 56.0 Å². The molecule has 0 fully saturated rings.